The van der Waals surface area contributed by atoms with Gasteiger partial charge < -0.3 is 14.5 Å². The molecule has 9 nitrogen and oxygen atoms in total. The van der Waals surface area contributed by atoms with Gasteiger partial charge in [-0.05, 0) is 60.7 Å². The predicted molar refractivity (Wildman–Crippen MR) is 144 cm³/mol. The molecule has 2 aliphatic rings. The normalized spacial score (nSPS) is 16.1. The second-order valence-corrected chi connectivity index (χ2v) is 10.5. The Morgan fingerprint density at radius 2 is 1.95 bits per heavy atom. The van der Waals surface area contributed by atoms with Crippen LogP contribution in [0.15, 0.2) is 47.3 Å². The lowest BCUT2D eigenvalue weighted by Crippen LogP contribution is -2.34. The largest absolute Gasteiger partial charge is 0.454 e. The number of pyridine rings is 1. The first kappa shape index (κ1) is 24.6. The number of benzene rings is 2. The highest BCUT2D eigenvalue weighted by atomic mass is 16.7. The number of hydrogen-bond acceptors (Lipinski definition) is 7. The van der Waals surface area contributed by atoms with Crippen molar-refractivity contribution in [2.45, 2.75) is 71.0 Å². The molecule has 3 heterocycles. The van der Waals surface area contributed by atoms with Crippen LogP contribution in [-0.2, 0) is 13.0 Å². The summed E-state index contributed by atoms with van der Waals surface area (Å²) in [5.74, 6) is 2.25. The minimum atomic E-state index is -0.0952. The molecule has 0 unspecified atom stereocenters. The summed E-state index contributed by atoms with van der Waals surface area (Å²) in [6, 6.07) is 14.7. The molecule has 0 spiro atoms. The molecule has 0 amide bonds. The lowest BCUT2D eigenvalue weighted by atomic mass is 10.1. The van der Waals surface area contributed by atoms with Crippen LogP contribution in [0.2, 0.25) is 0 Å². The molecule has 1 fully saturated rings. The average Bonchev–Trinajstić information content (AvgIpc) is 3.68. The van der Waals surface area contributed by atoms with Crippen LogP contribution in [0.25, 0.3) is 10.9 Å². The van der Waals surface area contributed by atoms with Gasteiger partial charge in [0.15, 0.2) is 17.3 Å². The molecule has 0 bridgehead atoms. The van der Waals surface area contributed by atoms with Gasteiger partial charge in [-0.3, -0.25) is 9.69 Å². The molecule has 0 radical (unpaired) electrons. The molecule has 38 heavy (non-hydrogen) atoms. The van der Waals surface area contributed by atoms with E-state index in [-0.39, 0.29) is 18.4 Å². The molecule has 1 atom stereocenters. The molecule has 1 N–H and O–H groups in total. The molecule has 2 aromatic carbocycles. The van der Waals surface area contributed by atoms with E-state index in [2.05, 4.69) is 63.5 Å². The van der Waals surface area contributed by atoms with Crippen LogP contribution in [-0.4, -0.2) is 43.4 Å². The first-order valence-electron chi connectivity index (χ1n) is 13.6. The Kier molecular flexibility index (Phi) is 6.84. The van der Waals surface area contributed by atoms with Crippen molar-refractivity contribution in [2.75, 3.05) is 13.3 Å². The topological polar surface area (TPSA) is 98.2 Å². The van der Waals surface area contributed by atoms with Crippen molar-refractivity contribution < 1.29 is 9.47 Å². The van der Waals surface area contributed by atoms with E-state index in [9.17, 15) is 4.79 Å². The summed E-state index contributed by atoms with van der Waals surface area (Å²) in [7, 11) is 0. The number of H-pyrrole nitrogens is 1. The monoisotopic (exact) mass is 514 g/mol. The zero-order valence-corrected chi connectivity index (χ0v) is 22.0. The minimum absolute atomic E-state index is 0.0118. The number of hydrogen-bond donors (Lipinski definition) is 1. The van der Waals surface area contributed by atoms with E-state index in [1.165, 1.54) is 24.0 Å². The molecule has 0 saturated heterocycles. The van der Waals surface area contributed by atoms with Crippen LogP contribution in [0.1, 0.15) is 73.6 Å². The molecule has 1 aliphatic heterocycles. The number of nitrogens with one attached hydrogen (secondary N) is 1. The summed E-state index contributed by atoms with van der Waals surface area (Å²) in [6.07, 6.45) is 6.35. The van der Waals surface area contributed by atoms with E-state index in [0.717, 1.165) is 49.0 Å². The highest BCUT2D eigenvalue weighted by molar-refractivity contribution is 5.83. The van der Waals surface area contributed by atoms with E-state index in [1.54, 1.807) is 0 Å². The highest BCUT2D eigenvalue weighted by Gasteiger charge is 2.29. The van der Waals surface area contributed by atoms with Crippen LogP contribution in [0.5, 0.6) is 11.5 Å². The average molecular weight is 515 g/mol. The van der Waals surface area contributed by atoms with Gasteiger partial charge in [0.2, 0.25) is 6.79 Å². The SMILES string of the molecule is CC[C@@H](c1nnnn1C1CCCC1)N(CCc1cccc(C)c1)Cc1cc2cc3c(cc2[nH]c1=O)OCO3. The summed E-state index contributed by atoms with van der Waals surface area (Å²) in [6.45, 7) is 5.75. The van der Waals surface area contributed by atoms with Crippen molar-refractivity contribution in [1.82, 2.24) is 30.1 Å². The minimum Gasteiger partial charge on any atom is -0.454 e. The van der Waals surface area contributed by atoms with Gasteiger partial charge in [0.05, 0.1) is 17.6 Å². The third-order valence-electron chi connectivity index (χ3n) is 7.87. The second kappa shape index (κ2) is 10.6. The van der Waals surface area contributed by atoms with Crippen LogP contribution in [0, 0.1) is 6.92 Å². The number of tetrazole rings is 1. The Morgan fingerprint density at radius 1 is 1.13 bits per heavy atom. The number of aromatic nitrogens is 5. The number of fused-ring (bicyclic) bond motifs is 2. The molecule has 6 rings (SSSR count). The fraction of sp³-hybridized carbons (Fsp3) is 0.448. The molecule has 2 aromatic heterocycles. The van der Waals surface area contributed by atoms with Crippen LogP contribution in [0.4, 0.5) is 0 Å². The van der Waals surface area contributed by atoms with Crippen molar-refractivity contribution >= 4 is 10.9 Å². The molecule has 1 saturated carbocycles. The van der Waals surface area contributed by atoms with Crippen LogP contribution >= 0.6 is 0 Å². The van der Waals surface area contributed by atoms with Gasteiger partial charge in [-0.15, -0.1) is 5.10 Å². The van der Waals surface area contributed by atoms with E-state index in [4.69, 9.17) is 9.47 Å². The van der Waals surface area contributed by atoms with Crippen molar-refractivity contribution in [2.24, 2.45) is 0 Å². The predicted octanol–water partition coefficient (Wildman–Crippen LogP) is 4.86. The van der Waals surface area contributed by atoms with Gasteiger partial charge in [-0.1, -0.05) is 49.6 Å². The number of aromatic amines is 1. The Balaban J connectivity index is 1.34. The standard InChI is InChI=1S/C29H34N6O3/c1-3-25(28-31-32-33-35(28)23-9-4-5-10-23)34(12-11-20-8-6-7-19(2)13-20)17-22-14-21-15-26-27(38-18-37-26)16-24(21)30-29(22)36/h6-8,13-16,23,25H,3-5,9-12,17-18H2,1-2H3,(H,30,36)/t25-/m0/s1. The molecular formula is C29H34N6O3. The lowest BCUT2D eigenvalue weighted by molar-refractivity contribution is 0.169. The summed E-state index contributed by atoms with van der Waals surface area (Å²) in [4.78, 5) is 18.7. The Bertz CT molecular complexity index is 1490. The third-order valence-corrected chi connectivity index (χ3v) is 7.87. The first-order chi connectivity index (χ1) is 18.6. The molecule has 1 aliphatic carbocycles. The van der Waals surface area contributed by atoms with Gasteiger partial charge >= 0.3 is 0 Å². The van der Waals surface area contributed by atoms with Crippen LogP contribution < -0.4 is 15.0 Å². The number of aryl methyl sites for hydroxylation is 1. The highest BCUT2D eigenvalue weighted by Crippen LogP contribution is 2.36. The van der Waals surface area contributed by atoms with Crippen molar-refractivity contribution in [3.8, 4) is 11.5 Å². The van der Waals surface area contributed by atoms with Gasteiger partial charge in [0.25, 0.3) is 5.56 Å². The molecule has 198 valence electrons. The van der Waals surface area contributed by atoms with Crippen molar-refractivity contribution in [3.63, 3.8) is 0 Å². The summed E-state index contributed by atoms with van der Waals surface area (Å²) < 4.78 is 13.1. The van der Waals surface area contributed by atoms with Gasteiger partial charge in [-0.25, -0.2) is 4.68 Å². The number of rotatable bonds is 9. The number of nitrogens with zero attached hydrogens (tertiary/aromatic N) is 5. The fourth-order valence-electron chi connectivity index (χ4n) is 5.90. The number of ether oxygens (including phenoxy) is 2. The van der Waals surface area contributed by atoms with Gasteiger partial charge in [0.1, 0.15) is 0 Å². The molecule has 9 heteroatoms. The second-order valence-electron chi connectivity index (χ2n) is 10.5. The lowest BCUT2D eigenvalue weighted by Gasteiger charge is -2.31. The fourth-order valence-corrected chi connectivity index (χ4v) is 5.90. The van der Waals surface area contributed by atoms with Crippen molar-refractivity contribution in [3.05, 3.63) is 75.3 Å². The zero-order chi connectivity index (χ0) is 26.1. The summed E-state index contributed by atoms with van der Waals surface area (Å²) in [5.41, 5.74) is 3.88. The quantitative estimate of drug-likeness (QED) is 0.340. The maximum absolute atomic E-state index is 13.3. The van der Waals surface area contributed by atoms with Crippen LogP contribution in [0.3, 0.4) is 0 Å². The Labute approximate surface area is 221 Å². The van der Waals surface area contributed by atoms with Gasteiger partial charge in [-0.2, -0.15) is 0 Å². The smallest absolute Gasteiger partial charge is 0.252 e. The Hall–Kier alpha value is -3.72. The maximum atomic E-state index is 13.3. The zero-order valence-electron chi connectivity index (χ0n) is 22.0. The van der Waals surface area contributed by atoms with E-state index < -0.39 is 0 Å². The van der Waals surface area contributed by atoms with Gasteiger partial charge in [0, 0.05) is 30.1 Å². The third kappa shape index (κ3) is 4.90. The van der Waals surface area contributed by atoms with E-state index >= 15 is 0 Å². The summed E-state index contributed by atoms with van der Waals surface area (Å²) in [5, 5.41) is 13.9. The molecule has 4 aromatic rings. The molecular weight excluding hydrogens is 480 g/mol. The van der Waals surface area contributed by atoms with E-state index in [1.807, 2.05) is 22.9 Å². The van der Waals surface area contributed by atoms with E-state index in [0.29, 0.717) is 29.6 Å². The maximum Gasteiger partial charge on any atom is 0.252 e. The van der Waals surface area contributed by atoms with Crippen molar-refractivity contribution in [1.29, 1.82) is 0 Å². The summed E-state index contributed by atoms with van der Waals surface area (Å²) >= 11 is 0. The Morgan fingerprint density at radius 3 is 2.74 bits per heavy atom. The first-order valence-corrected chi connectivity index (χ1v) is 13.6.